The maximum Gasteiger partial charge on any atom is 0.209 e. The largest absolute Gasteiger partial charge is 0.318 e. The zero-order valence-electron chi connectivity index (χ0n) is 9.31. The molecule has 0 aliphatic heterocycles. The minimum atomic E-state index is 0.957. The molecule has 0 saturated heterocycles. The van der Waals surface area contributed by atoms with E-state index in [9.17, 15) is 0 Å². The Labute approximate surface area is 90.0 Å². The van der Waals surface area contributed by atoms with Crippen molar-refractivity contribution in [3.8, 4) is 0 Å². The van der Waals surface area contributed by atoms with Gasteiger partial charge in [-0.2, -0.15) is 0 Å². The molecule has 0 bridgehead atoms. The zero-order chi connectivity index (χ0) is 10.8. The van der Waals surface area contributed by atoms with Crippen LogP contribution in [0, 0.1) is 6.92 Å². The normalized spacial score (nSPS) is 10.3. The molecule has 0 unspecified atom stereocenters. The lowest BCUT2D eigenvalue weighted by Gasteiger charge is -2.18. The van der Waals surface area contributed by atoms with Crippen LogP contribution >= 0.6 is 0 Å². The lowest BCUT2D eigenvalue weighted by molar-refractivity contribution is 0.853. The number of aromatic nitrogens is 2. The number of rotatable bonds is 2. The van der Waals surface area contributed by atoms with E-state index in [4.69, 9.17) is 0 Å². The third kappa shape index (κ3) is 1.73. The van der Waals surface area contributed by atoms with Crippen LogP contribution in [-0.2, 0) is 7.05 Å². The van der Waals surface area contributed by atoms with Crippen molar-refractivity contribution in [3.05, 3.63) is 42.2 Å². The van der Waals surface area contributed by atoms with Gasteiger partial charge in [0.1, 0.15) is 0 Å². The minimum absolute atomic E-state index is 0.957. The van der Waals surface area contributed by atoms with E-state index in [0.29, 0.717) is 0 Å². The Morgan fingerprint density at radius 3 is 2.40 bits per heavy atom. The first-order valence-corrected chi connectivity index (χ1v) is 4.97. The van der Waals surface area contributed by atoms with Crippen LogP contribution in [0.5, 0.6) is 0 Å². The molecule has 3 heteroatoms. The predicted octanol–water partition coefficient (Wildman–Crippen LogP) is 2.50. The van der Waals surface area contributed by atoms with Gasteiger partial charge in [-0.25, -0.2) is 4.98 Å². The van der Waals surface area contributed by atoms with E-state index in [1.54, 1.807) is 0 Å². The van der Waals surface area contributed by atoms with Crippen molar-refractivity contribution in [2.75, 3.05) is 11.9 Å². The minimum Gasteiger partial charge on any atom is -0.318 e. The van der Waals surface area contributed by atoms with Gasteiger partial charge in [0.2, 0.25) is 5.95 Å². The molecule has 1 aromatic heterocycles. The molecule has 0 aliphatic carbocycles. The van der Waals surface area contributed by atoms with Gasteiger partial charge in [-0.05, 0) is 19.1 Å². The molecule has 3 nitrogen and oxygen atoms in total. The molecule has 15 heavy (non-hydrogen) atoms. The SMILES string of the molecule is Cc1cnc(N(C)c2ccccc2)n1C. The van der Waals surface area contributed by atoms with E-state index in [2.05, 4.69) is 33.5 Å². The van der Waals surface area contributed by atoms with Crippen molar-refractivity contribution in [2.24, 2.45) is 7.05 Å². The Hall–Kier alpha value is -1.77. The van der Waals surface area contributed by atoms with Gasteiger partial charge >= 0.3 is 0 Å². The van der Waals surface area contributed by atoms with Gasteiger partial charge in [0.05, 0.1) is 6.20 Å². The first-order chi connectivity index (χ1) is 7.20. The van der Waals surface area contributed by atoms with Gasteiger partial charge in [-0.1, -0.05) is 18.2 Å². The Balaban J connectivity index is 2.37. The number of benzene rings is 1. The van der Waals surface area contributed by atoms with E-state index in [1.807, 2.05) is 38.5 Å². The number of hydrogen-bond donors (Lipinski definition) is 0. The fraction of sp³-hybridized carbons (Fsp3) is 0.250. The maximum atomic E-state index is 4.38. The van der Waals surface area contributed by atoms with Crippen LogP contribution in [0.2, 0.25) is 0 Å². The number of hydrogen-bond acceptors (Lipinski definition) is 2. The molecule has 0 amide bonds. The highest BCUT2D eigenvalue weighted by Crippen LogP contribution is 2.21. The topological polar surface area (TPSA) is 21.1 Å². The van der Waals surface area contributed by atoms with Crippen LogP contribution in [0.15, 0.2) is 36.5 Å². The molecule has 1 heterocycles. The van der Waals surface area contributed by atoms with E-state index in [0.717, 1.165) is 17.3 Å². The van der Waals surface area contributed by atoms with Crippen LogP contribution in [0.25, 0.3) is 0 Å². The Bertz CT molecular complexity index is 445. The van der Waals surface area contributed by atoms with Crippen molar-refractivity contribution in [1.82, 2.24) is 9.55 Å². The van der Waals surface area contributed by atoms with Gasteiger partial charge in [0.25, 0.3) is 0 Å². The summed E-state index contributed by atoms with van der Waals surface area (Å²) in [7, 11) is 4.05. The second-order valence-corrected chi connectivity index (χ2v) is 3.65. The van der Waals surface area contributed by atoms with Crippen LogP contribution in [-0.4, -0.2) is 16.6 Å². The smallest absolute Gasteiger partial charge is 0.209 e. The van der Waals surface area contributed by atoms with Crippen molar-refractivity contribution in [1.29, 1.82) is 0 Å². The Kier molecular flexibility index (Phi) is 2.46. The second kappa shape index (κ2) is 3.77. The molecule has 0 spiro atoms. The number of nitrogens with zero attached hydrogens (tertiary/aromatic N) is 3. The summed E-state index contributed by atoms with van der Waals surface area (Å²) in [6, 6.07) is 10.2. The third-order valence-corrected chi connectivity index (χ3v) is 2.64. The van der Waals surface area contributed by atoms with Crippen molar-refractivity contribution in [3.63, 3.8) is 0 Å². The van der Waals surface area contributed by atoms with Gasteiger partial charge in [0.15, 0.2) is 0 Å². The summed E-state index contributed by atoms with van der Waals surface area (Å²) in [4.78, 5) is 6.46. The summed E-state index contributed by atoms with van der Waals surface area (Å²) in [5, 5.41) is 0. The lowest BCUT2D eigenvalue weighted by atomic mass is 10.3. The zero-order valence-corrected chi connectivity index (χ0v) is 9.31. The van der Waals surface area contributed by atoms with Gasteiger partial charge < -0.3 is 9.47 Å². The predicted molar refractivity (Wildman–Crippen MR) is 62.5 cm³/mol. The monoisotopic (exact) mass is 201 g/mol. The Morgan fingerprint density at radius 2 is 1.87 bits per heavy atom. The molecule has 1 aromatic carbocycles. The van der Waals surface area contributed by atoms with E-state index in [1.165, 1.54) is 0 Å². The fourth-order valence-electron chi connectivity index (χ4n) is 1.56. The molecule has 0 aliphatic rings. The third-order valence-electron chi connectivity index (χ3n) is 2.64. The standard InChI is InChI=1S/C12H15N3/c1-10-9-13-12(14(10)2)15(3)11-7-5-4-6-8-11/h4-9H,1-3H3. The molecule has 0 radical (unpaired) electrons. The molecule has 2 rings (SSSR count). The molecule has 0 fully saturated rings. The lowest BCUT2D eigenvalue weighted by Crippen LogP contribution is -2.14. The number of imidazole rings is 1. The molecular weight excluding hydrogens is 186 g/mol. The molecule has 0 atom stereocenters. The number of anilines is 2. The van der Waals surface area contributed by atoms with Crippen molar-refractivity contribution >= 4 is 11.6 Å². The highest BCUT2D eigenvalue weighted by Gasteiger charge is 2.09. The highest BCUT2D eigenvalue weighted by molar-refractivity contribution is 5.56. The van der Waals surface area contributed by atoms with Crippen molar-refractivity contribution in [2.45, 2.75) is 6.92 Å². The number of aryl methyl sites for hydroxylation is 1. The average molecular weight is 201 g/mol. The summed E-state index contributed by atoms with van der Waals surface area (Å²) >= 11 is 0. The van der Waals surface area contributed by atoms with E-state index >= 15 is 0 Å². The summed E-state index contributed by atoms with van der Waals surface area (Å²) < 4.78 is 2.08. The van der Waals surface area contributed by atoms with Crippen LogP contribution in [0.1, 0.15) is 5.69 Å². The molecular formula is C12H15N3. The first kappa shape index (κ1) is 9.77. The maximum absolute atomic E-state index is 4.38. The Morgan fingerprint density at radius 1 is 1.20 bits per heavy atom. The molecule has 2 aromatic rings. The van der Waals surface area contributed by atoms with Gasteiger partial charge in [0, 0.05) is 25.5 Å². The van der Waals surface area contributed by atoms with Crippen molar-refractivity contribution < 1.29 is 0 Å². The van der Waals surface area contributed by atoms with E-state index in [-0.39, 0.29) is 0 Å². The van der Waals surface area contributed by atoms with Crippen LogP contribution in [0.3, 0.4) is 0 Å². The fourth-order valence-corrected chi connectivity index (χ4v) is 1.56. The second-order valence-electron chi connectivity index (χ2n) is 3.65. The molecule has 0 saturated carbocycles. The number of para-hydroxylation sites is 1. The summed E-state index contributed by atoms with van der Waals surface area (Å²) in [6.45, 7) is 2.05. The summed E-state index contributed by atoms with van der Waals surface area (Å²) in [5.74, 6) is 0.957. The first-order valence-electron chi connectivity index (χ1n) is 4.97. The highest BCUT2D eigenvalue weighted by atomic mass is 15.3. The quantitative estimate of drug-likeness (QED) is 0.744. The van der Waals surface area contributed by atoms with Gasteiger partial charge in [-0.15, -0.1) is 0 Å². The summed E-state index contributed by atoms with van der Waals surface area (Å²) in [6.07, 6.45) is 1.88. The van der Waals surface area contributed by atoms with Crippen LogP contribution in [0.4, 0.5) is 11.6 Å². The average Bonchev–Trinajstić information content (AvgIpc) is 2.60. The van der Waals surface area contributed by atoms with Crippen LogP contribution < -0.4 is 4.90 Å². The van der Waals surface area contributed by atoms with Gasteiger partial charge in [-0.3, -0.25) is 0 Å². The van der Waals surface area contributed by atoms with E-state index < -0.39 is 0 Å². The molecule has 78 valence electrons. The molecule has 0 N–H and O–H groups in total. The summed E-state index contributed by atoms with van der Waals surface area (Å²) in [5.41, 5.74) is 2.30.